The minimum absolute atomic E-state index is 0.121. The van der Waals surface area contributed by atoms with E-state index in [-0.39, 0.29) is 28.0 Å². The van der Waals surface area contributed by atoms with Gasteiger partial charge < -0.3 is 40.4 Å². The number of halogens is 2. The molecule has 6 N–H and O–H groups in total. The number of ketones is 1. The van der Waals surface area contributed by atoms with Gasteiger partial charge in [0.2, 0.25) is 0 Å². The fourth-order valence-corrected chi connectivity index (χ4v) is 4.18. The molecule has 11 heteroatoms. The lowest BCUT2D eigenvalue weighted by atomic mass is 9.99. The summed E-state index contributed by atoms with van der Waals surface area (Å²) in [4.78, 5) is 12.8. The standard InChI is InChI=1S/C23H27Cl2NO8/c1-11-14(16(28)10-33-22-20(30)19(29)17(8-27)34-23(22)31)6-15(24)21(18(11)25)32-9-13-4-2-3-12(5-13)7-26/h2-6,17,19-20,22-23,27,29-31H,7-10,26H2,1H3/t17-,19-,20+,22-,23+/m1/s1. The van der Waals surface area contributed by atoms with Crippen molar-refractivity contribution >= 4 is 29.0 Å². The SMILES string of the molecule is Cc1c(C(=O)CO[C@@H]2[C@@H](O)[C@H](O)[C@@H](CO)O[C@@H]2O)cc(Cl)c(OCc2cccc(CN)c2)c1Cl. The number of carbonyl (C=O) groups is 1. The van der Waals surface area contributed by atoms with Crippen LogP contribution in [0.2, 0.25) is 10.0 Å². The number of aliphatic hydroxyl groups is 4. The fourth-order valence-electron chi connectivity index (χ4n) is 3.62. The normalized spacial score (nSPS) is 24.8. The number of Topliss-reactive ketones (excluding diaryl/α,β-unsaturated/α-hetero) is 1. The quantitative estimate of drug-likeness (QED) is 0.311. The third-order valence-corrected chi connectivity index (χ3v) is 6.32. The highest BCUT2D eigenvalue weighted by Crippen LogP contribution is 2.38. The van der Waals surface area contributed by atoms with Gasteiger partial charge >= 0.3 is 0 Å². The van der Waals surface area contributed by atoms with Gasteiger partial charge in [0, 0.05) is 12.1 Å². The maximum Gasteiger partial charge on any atom is 0.188 e. The molecule has 2 aromatic rings. The number of ether oxygens (including phenoxy) is 3. The van der Waals surface area contributed by atoms with Crippen LogP contribution in [0.4, 0.5) is 0 Å². The highest BCUT2D eigenvalue weighted by Gasteiger charge is 2.44. The van der Waals surface area contributed by atoms with Gasteiger partial charge in [-0.25, -0.2) is 0 Å². The van der Waals surface area contributed by atoms with Crippen LogP contribution in [0.5, 0.6) is 5.75 Å². The van der Waals surface area contributed by atoms with E-state index in [1.807, 2.05) is 24.3 Å². The molecule has 3 rings (SSSR count). The highest BCUT2D eigenvalue weighted by molar-refractivity contribution is 6.38. The van der Waals surface area contributed by atoms with Crippen molar-refractivity contribution in [2.45, 2.75) is 50.8 Å². The van der Waals surface area contributed by atoms with Crippen LogP contribution in [0.15, 0.2) is 30.3 Å². The maximum atomic E-state index is 12.8. The second kappa shape index (κ2) is 11.8. The number of hydrogen-bond acceptors (Lipinski definition) is 9. The summed E-state index contributed by atoms with van der Waals surface area (Å²) in [6.07, 6.45) is -7.30. The Morgan fingerprint density at radius 3 is 2.53 bits per heavy atom. The van der Waals surface area contributed by atoms with E-state index in [9.17, 15) is 20.1 Å². The molecule has 0 unspecified atom stereocenters. The smallest absolute Gasteiger partial charge is 0.188 e. The van der Waals surface area contributed by atoms with Crippen molar-refractivity contribution < 1.29 is 39.4 Å². The van der Waals surface area contributed by atoms with Crippen LogP contribution in [0.1, 0.15) is 27.0 Å². The average molecular weight is 516 g/mol. The highest BCUT2D eigenvalue weighted by atomic mass is 35.5. The zero-order chi connectivity index (χ0) is 25.0. The first-order chi connectivity index (χ1) is 16.2. The molecule has 186 valence electrons. The molecule has 0 aliphatic carbocycles. The van der Waals surface area contributed by atoms with Crippen LogP contribution in [0.3, 0.4) is 0 Å². The van der Waals surface area contributed by atoms with E-state index in [1.54, 1.807) is 6.92 Å². The van der Waals surface area contributed by atoms with E-state index in [2.05, 4.69) is 0 Å². The zero-order valence-corrected chi connectivity index (χ0v) is 19.9. The Labute approximate surface area is 206 Å². The maximum absolute atomic E-state index is 12.8. The molecule has 1 aliphatic rings. The second-order valence-electron chi connectivity index (χ2n) is 7.91. The lowest BCUT2D eigenvalue weighted by molar-refractivity contribution is -0.294. The first kappa shape index (κ1) is 26.8. The zero-order valence-electron chi connectivity index (χ0n) is 18.4. The van der Waals surface area contributed by atoms with Gasteiger partial charge in [-0.05, 0) is 29.7 Å². The van der Waals surface area contributed by atoms with Crippen LogP contribution in [-0.4, -0.2) is 70.1 Å². The van der Waals surface area contributed by atoms with Crippen LogP contribution >= 0.6 is 23.2 Å². The van der Waals surface area contributed by atoms with Gasteiger partial charge in [-0.1, -0.05) is 47.5 Å². The molecular formula is C23H27Cl2NO8. The number of hydrogen-bond donors (Lipinski definition) is 5. The Hall–Kier alpha value is -1.79. The first-order valence-electron chi connectivity index (χ1n) is 10.5. The van der Waals surface area contributed by atoms with E-state index >= 15 is 0 Å². The molecule has 0 bridgehead atoms. The van der Waals surface area contributed by atoms with Gasteiger partial charge in [-0.3, -0.25) is 4.79 Å². The summed E-state index contributed by atoms with van der Waals surface area (Å²) in [6, 6.07) is 8.95. The summed E-state index contributed by atoms with van der Waals surface area (Å²) in [5.74, 6) is -0.303. The van der Waals surface area contributed by atoms with Crippen LogP contribution in [-0.2, 0) is 22.6 Å². The third-order valence-electron chi connectivity index (χ3n) is 5.58. The lowest BCUT2D eigenvalue weighted by Crippen LogP contribution is -2.59. The average Bonchev–Trinajstić information content (AvgIpc) is 2.83. The molecule has 0 spiro atoms. The lowest BCUT2D eigenvalue weighted by Gasteiger charge is -2.39. The Balaban J connectivity index is 1.69. The second-order valence-corrected chi connectivity index (χ2v) is 8.70. The van der Waals surface area contributed by atoms with Crippen molar-refractivity contribution in [2.24, 2.45) is 5.73 Å². The molecule has 0 amide bonds. The number of nitrogens with two attached hydrogens (primary N) is 1. The monoisotopic (exact) mass is 515 g/mol. The Bertz CT molecular complexity index is 1020. The predicted octanol–water partition coefficient (Wildman–Crippen LogP) is 1.34. The van der Waals surface area contributed by atoms with Crippen LogP contribution < -0.4 is 10.5 Å². The van der Waals surface area contributed by atoms with Crippen molar-refractivity contribution in [1.82, 2.24) is 0 Å². The molecule has 0 radical (unpaired) electrons. The Kier molecular flexibility index (Phi) is 9.27. The first-order valence-corrected chi connectivity index (χ1v) is 11.3. The van der Waals surface area contributed by atoms with Crippen molar-refractivity contribution in [2.75, 3.05) is 13.2 Å². The molecule has 1 saturated heterocycles. The van der Waals surface area contributed by atoms with Gasteiger partial charge in [0.1, 0.15) is 37.6 Å². The Morgan fingerprint density at radius 2 is 1.85 bits per heavy atom. The number of rotatable bonds is 9. The molecule has 0 saturated carbocycles. The number of aliphatic hydroxyl groups excluding tert-OH is 4. The van der Waals surface area contributed by atoms with E-state index < -0.39 is 49.7 Å². The van der Waals surface area contributed by atoms with Gasteiger partial charge in [0.05, 0.1) is 16.7 Å². The van der Waals surface area contributed by atoms with Crippen molar-refractivity contribution in [3.63, 3.8) is 0 Å². The van der Waals surface area contributed by atoms with E-state index in [4.69, 9.17) is 48.3 Å². The Morgan fingerprint density at radius 1 is 1.15 bits per heavy atom. The van der Waals surface area contributed by atoms with Gasteiger partial charge in [-0.15, -0.1) is 0 Å². The molecule has 34 heavy (non-hydrogen) atoms. The summed E-state index contributed by atoms with van der Waals surface area (Å²) in [5.41, 5.74) is 8.07. The molecular weight excluding hydrogens is 489 g/mol. The topological polar surface area (TPSA) is 152 Å². The molecule has 1 fully saturated rings. The number of carbonyl (C=O) groups excluding carboxylic acids is 1. The largest absolute Gasteiger partial charge is 0.486 e. The molecule has 9 nitrogen and oxygen atoms in total. The minimum atomic E-state index is -1.65. The molecule has 1 heterocycles. The summed E-state index contributed by atoms with van der Waals surface area (Å²) in [6.45, 7) is 1.05. The fraction of sp³-hybridized carbons (Fsp3) is 0.435. The van der Waals surface area contributed by atoms with Crippen LogP contribution in [0, 0.1) is 6.92 Å². The summed E-state index contributed by atoms with van der Waals surface area (Å²) >= 11 is 12.8. The van der Waals surface area contributed by atoms with Gasteiger partial charge in [-0.2, -0.15) is 0 Å². The molecule has 5 atom stereocenters. The summed E-state index contributed by atoms with van der Waals surface area (Å²) in [5, 5.41) is 39.5. The molecule has 2 aromatic carbocycles. The van der Waals surface area contributed by atoms with E-state index in [0.717, 1.165) is 11.1 Å². The van der Waals surface area contributed by atoms with Crippen molar-refractivity contribution in [3.05, 3.63) is 62.6 Å². The number of benzene rings is 2. The van der Waals surface area contributed by atoms with Gasteiger partial charge in [0.25, 0.3) is 0 Å². The van der Waals surface area contributed by atoms with Gasteiger partial charge in [0.15, 0.2) is 17.8 Å². The minimum Gasteiger partial charge on any atom is -0.486 e. The van der Waals surface area contributed by atoms with E-state index in [0.29, 0.717) is 12.1 Å². The molecule has 1 aliphatic heterocycles. The van der Waals surface area contributed by atoms with Crippen molar-refractivity contribution in [3.8, 4) is 5.75 Å². The predicted molar refractivity (Wildman–Crippen MR) is 124 cm³/mol. The van der Waals surface area contributed by atoms with Crippen molar-refractivity contribution in [1.29, 1.82) is 0 Å². The third kappa shape index (κ3) is 5.88. The van der Waals surface area contributed by atoms with Crippen LogP contribution in [0.25, 0.3) is 0 Å². The molecule has 0 aromatic heterocycles. The van der Waals surface area contributed by atoms with E-state index in [1.165, 1.54) is 6.07 Å². The summed E-state index contributed by atoms with van der Waals surface area (Å²) < 4.78 is 16.2. The summed E-state index contributed by atoms with van der Waals surface area (Å²) in [7, 11) is 0.